The van der Waals surface area contributed by atoms with E-state index in [2.05, 4.69) is 212 Å². The second kappa shape index (κ2) is 15.2. The third kappa shape index (κ3) is 6.66. The van der Waals surface area contributed by atoms with E-state index in [4.69, 9.17) is 0 Å². The van der Waals surface area contributed by atoms with Crippen molar-refractivity contribution in [1.82, 2.24) is 0 Å². The topological polar surface area (TPSA) is 0 Å². The van der Waals surface area contributed by atoms with Crippen molar-refractivity contribution in [2.45, 2.75) is 5.40 Å². The molecule has 1 unspecified atom stereocenters. The summed E-state index contributed by atoms with van der Waals surface area (Å²) < 4.78 is 0. The highest BCUT2D eigenvalue weighted by molar-refractivity contribution is 8.04. The van der Waals surface area contributed by atoms with Crippen molar-refractivity contribution < 1.29 is 0 Å². The van der Waals surface area contributed by atoms with Crippen molar-refractivity contribution in [3.63, 3.8) is 0 Å². The number of rotatable bonds is 11. The van der Waals surface area contributed by atoms with Gasteiger partial charge in [-0.25, -0.2) is 0 Å². The van der Waals surface area contributed by atoms with Gasteiger partial charge >= 0.3 is 0 Å². The lowest BCUT2D eigenvalue weighted by atomic mass is 10.4. The molecule has 0 radical (unpaired) electrons. The summed E-state index contributed by atoms with van der Waals surface area (Å²) in [5, 5.41) is 10.4. The molecule has 0 aromatic heterocycles. The molecule has 0 aliphatic heterocycles. The molecular formula is C44H38P3+. The van der Waals surface area contributed by atoms with E-state index in [1.54, 1.807) is 0 Å². The summed E-state index contributed by atoms with van der Waals surface area (Å²) in [6, 6.07) is 79.8. The fourth-order valence-electron chi connectivity index (χ4n) is 6.74. The van der Waals surface area contributed by atoms with Gasteiger partial charge in [-0.15, -0.1) is 0 Å². The average Bonchev–Trinajstić information content (AvgIpc) is 3.17. The molecule has 7 aromatic rings. The minimum Gasteiger partial charge on any atom is -0.0622 e. The van der Waals surface area contributed by atoms with E-state index in [1.807, 2.05) is 0 Å². The van der Waals surface area contributed by atoms with Crippen LogP contribution in [0.4, 0.5) is 0 Å². The van der Waals surface area contributed by atoms with Crippen LogP contribution in [-0.4, -0.2) is 11.6 Å². The van der Waals surface area contributed by atoms with Gasteiger partial charge in [-0.2, -0.15) is 0 Å². The van der Waals surface area contributed by atoms with Crippen LogP contribution in [0.25, 0.3) is 0 Å². The first-order chi connectivity index (χ1) is 23.4. The van der Waals surface area contributed by atoms with Crippen LogP contribution >= 0.6 is 23.1 Å². The van der Waals surface area contributed by atoms with Crippen molar-refractivity contribution in [3.8, 4) is 0 Å². The molecule has 0 spiro atoms. The summed E-state index contributed by atoms with van der Waals surface area (Å²) in [6.07, 6.45) is 1.06. The molecule has 0 heterocycles. The molecule has 3 heteroatoms. The van der Waals surface area contributed by atoms with Gasteiger partial charge in [0, 0.05) is 14.1 Å². The predicted molar refractivity (Wildman–Crippen MR) is 212 cm³/mol. The Labute approximate surface area is 283 Å². The Morgan fingerprint density at radius 1 is 0.319 bits per heavy atom. The second-order valence-electron chi connectivity index (χ2n) is 11.5. The lowest BCUT2D eigenvalue weighted by molar-refractivity contribution is 1.38. The van der Waals surface area contributed by atoms with Crippen LogP contribution in [-0.2, 0) is 0 Å². The van der Waals surface area contributed by atoms with Crippen LogP contribution in [0.1, 0.15) is 0 Å². The van der Waals surface area contributed by atoms with E-state index < -0.39 is 23.1 Å². The SMILES string of the molecule is c1ccc(P(CC(P(c2ccccc2)c2ccccc2)[P+](c2ccccc2)(c2ccccc2)c2ccccc2)c2ccccc2)cc1. The average molecular weight is 660 g/mol. The molecular weight excluding hydrogens is 621 g/mol. The molecule has 0 fully saturated rings. The van der Waals surface area contributed by atoms with Gasteiger partial charge in [-0.3, -0.25) is 0 Å². The Balaban J connectivity index is 1.60. The first kappa shape index (κ1) is 31.4. The molecule has 228 valence electrons. The van der Waals surface area contributed by atoms with Gasteiger partial charge < -0.3 is 0 Å². The van der Waals surface area contributed by atoms with E-state index in [1.165, 1.54) is 37.1 Å². The van der Waals surface area contributed by atoms with Crippen molar-refractivity contribution >= 4 is 60.2 Å². The molecule has 7 aromatic carbocycles. The Bertz CT molecular complexity index is 1760. The molecule has 0 aliphatic rings. The van der Waals surface area contributed by atoms with Crippen molar-refractivity contribution in [1.29, 1.82) is 0 Å². The first-order valence-corrected chi connectivity index (χ1v) is 21.0. The zero-order chi connectivity index (χ0) is 31.7. The largest absolute Gasteiger partial charge is 0.120 e. The van der Waals surface area contributed by atoms with Gasteiger partial charge in [-0.05, 0) is 65.5 Å². The normalized spacial score (nSPS) is 12.2. The van der Waals surface area contributed by atoms with Crippen molar-refractivity contribution in [2.75, 3.05) is 6.16 Å². The minimum atomic E-state index is -2.30. The molecule has 0 saturated carbocycles. The summed E-state index contributed by atoms with van der Waals surface area (Å²) in [6.45, 7) is 0. The van der Waals surface area contributed by atoms with Crippen LogP contribution < -0.4 is 37.1 Å². The molecule has 0 nitrogen and oxygen atoms in total. The zero-order valence-corrected chi connectivity index (χ0v) is 29.0. The number of hydrogen-bond donors (Lipinski definition) is 0. The maximum absolute atomic E-state index is 2.41. The van der Waals surface area contributed by atoms with Gasteiger partial charge in [0.05, 0.1) is 0 Å². The minimum absolute atomic E-state index is 0.307. The third-order valence-electron chi connectivity index (χ3n) is 8.79. The lowest BCUT2D eigenvalue weighted by Crippen LogP contribution is -2.42. The van der Waals surface area contributed by atoms with Gasteiger partial charge in [-0.1, -0.05) is 176 Å². The maximum atomic E-state index is 2.41. The predicted octanol–water partition coefficient (Wildman–Crippen LogP) is 8.57. The molecule has 47 heavy (non-hydrogen) atoms. The molecule has 0 amide bonds. The first-order valence-electron chi connectivity index (χ1n) is 16.2. The van der Waals surface area contributed by atoms with Crippen molar-refractivity contribution in [2.24, 2.45) is 0 Å². The Hall–Kier alpha value is -4.17. The zero-order valence-electron chi connectivity index (χ0n) is 26.3. The summed E-state index contributed by atoms with van der Waals surface area (Å²) in [7, 11) is -3.82. The van der Waals surface area contributed by atoms with E-state index in [0.29, 0.717) is 5.40 Å². The lowest BCUT2D eigenvalue weighted by Gasteiger charge is -2.41. The maximum Gasteiger partial charge on any atom is 0.120 e. The Morgan fingerprint density at radius 2 is 0.574 bits per heavy atom. The second-order valence-corrected chi connectivity index (χ2v) is 20.2. The number of hydrogen-bond acceptors (Lipinski definition) is 0. The fourth-order valence-corrected chi connectivity index (χ4v) is 20.7. The molecule has 7 rings (SSSR count). The monoisotopic (exact) mass is 659 g/mol. The van der Waals surface area contributed by atoms with Gasteiger partial charge in [0.1, 0.15) is 28.6 Å². The summed E-state index contributed by atoms with van der Waals surface area (Å²) in [5.41, 5.74) is 0. The van der Waals surface area contributed by atoms with Gasteiger partial charge in [0.15, 0.2) is 0 Å². The highest BCUT2D eigenvalue weighted by Gasteiger charge is 2.56. The van der Waals surface area contributed by atoms with Crippen LogP contribution in [0.3, 0.4) is 0 Å². The van der Waals surface area contributed by atoms with Crippen LogP contribution in [0, 0.1) is 0 Å². The summed E-state index contributed by atoms with van der Waals surface area (Å²) in [5.74, 6) is 0. The highest BCUT2D eigenvalue weighted by atomic mass is 31.2. The van der Waals surface area contributed by atoms with Gasteiger partial charge in [0.25, 0.3) is 0 Å². The summed E-state index contributed by atoms with van der Waals surface area (Å²) >= 11 is 0. The number of benzene rings is 7. The van der Waals surface area contributed by atoms with E-state index in [9.17, 15) is 0 Å². The third-order valence-corrected chi connectivity index (χ3v) is 20.6. The molecule has 0 bridgehead atoms. The Kier molecular flexibility index (Phi) is 10.1. The van der Waals surface area contributed by atoms with Crippen molar-refractivity contribution in [3.05, 3.63) is 212 Å². The van der Waals surface area contributed by atoms with Crippen LogP contribution in [0.15, 0.2) is 212 Å². The molecule has 0 aliphatic carbocycles. The molecule has 0 N–H and O–H groups in total. The van der Waals surface area contributed by atoms with E-state index in [0.717, 1.165) is 6.16 Å². The summed E-state index contributed by atoms with van der Waals surface area (Å²) in [4.78, 5) is 0. The standard InChI is InChI=1S/C44H38P3/c1-8-22-37(23-9-1)45(38-24-10-2-11-25-38)36-44(46(39-26-12-3-13-27-39)40-28-14-4-15-29-40)47(41-30-16-5-17-31-41,42-32-18-6-19-33-42)43-34-20-7-21-35-43/h1-35,44H,36H2/q+1. The van der Waals surface area contributed by atoms with Crippen LogP contribution in [0.2, 0.25) is 0 Å². The quantitative estimate of drug-likeness (QED) is 0.122. The van der Waals surface area contributed by atoms with E-state index in [-0.39, 0.29) is 0 Å². The van der Waals surface area contributed by atoms with Crippen LogP contribution in [0.5, 0.6) is 0 Å². The highest BCUT2D eigenvalue weighted by Crippen LogP contribution is 2.71. The smallest absolute Gasteiger partial charge is 0.0622 e. The molecule has 0 saturated heterocycles. The van der Waals surface area contributed by atoms with E-state index >= 15 is 0 Å². The molecule has 1 atom stereocenters. The Morgan fingerprint density at radius 3 is 0.872 bits per heavy atom. The van der Waals surface area contributed by atoms with Gasteiger partial charge in [0.2, 0.25) is 0 Å². The fraction of sp³-hybridized carbons (Fsp3) is 0.0455.